The number of benzene rings is 2. The fourth-order valence-corrected chi connectivity index (χ4v) is 2.20. The van der Waals surface area contributed by atoms with Crippen molar-refractivity contribution in [2.75, 3.05) is 0 Å². The molecule has 5 heteroatoms. The monoisotopic (exact) mass is 326 g/mol. The van der Waals surface area contributed by atoms with Gasteiger partial charge in [-0.1, -0.05) is 24.3 Å². The van der Waals surface area contributed by atoms with Crippen LogP contribution < -0.4 is 10.9 Å². The molecule has 0 saturated heterocycles. The summed E-state index contributed by atoms with van der Waals surface area (Å²) in [6.07, 6.45) is 2.99. The van der Waals surface area contributed by atoms with E-state index >= 15 is 0 Å². The Morgan fingerprint density at radius 3 is 2.33 bits per heavy atom. The van der Waals surface area contributed by atoms with Gasteiger partial charge in [0.25, 0.3) is 11.8 Å². The number of rotatable bonds is 3. The molecule has 0 unspecified atom stereocenters. The first-order valence-corrected chi connectivity index (χ1v) is 7.49. The number of hydrogen-bond acceptors (Lipinski definition) is 2. The van der Waals surface area contributed by atoms with Gasteiger partial charge in [-0.05, 0) is 61.2 Å². The van der Waals surface area contributed by atoms with Crippen molar-refractivity contribution in [1.82, 2.24) is 10.9 Å². The van der Waals surface area contributed by atoms with E-state index in [-0.39, 0.29) is 5.56 Å². The fraction of sp³-hybridized carbons (Fsp3) is 0.158. The number of hydrazine groups is 1. The molecule has 2 N–H and O–H groups in total. The standard InChI is InChI=1S/C19H19FN2O2/c1-12-10-14(3)15(11-13(12)2)8-9-18(23)21-22-19(24)16-6-4-5-7-17(16)20/h4-11H,1-3H3,(H,21,23)(H,22,24)/b9-8+. The van der Waals surface area contributed by atoms with Crippen molar-refractivity contribution < 1.29 is 14.0 Å². The van der Waals surface area contributed by atoms with Crippen LogP contribution in [-0.4, -0.2) is 11.8 Å². The van der Waals surface area contributed by atoms with Crippen LogP contribution in [0.3, 0.4) is 0 Å². The van der Waals surface area contributed by atoms with Crippen LogP contribution in [0.25, 0.3) is 6.08 Å². The van der Waals surface area contributed by atoms with Crippen molar-refractivity contribution in [3.05, 3.63) is 76.1 Å². The van der Waals surface area contributed by atoms with Crippen LogP contribution in [0.2, 0.25) is 0 Å². The van der Waals surface area contributed by atoms with Crippen LogP contribution in [-0.2, 0) is 4.79 Å². The van der Waals surface area contributed by atoms with Gasteiger partial charge >= 0.3 is 0 Å². The molecular formula is C19H19FN2O2. The summed E-state index contributed by atoms with van der Waals surface area (Å²) < 4.78 is 13.5. The number of hydrogen-bond donors (Lipinski definition) is 2. The number of carbonyl (C=O) groups is 2. The first kappa shape index (κ1) is 17.4. The first-order chi connectivity index (χ1) is 11.4. The van der Waals surface area contributed by atoms with Crippen LogP contribution in [0.4, 0.5) is 4.39 Å². The van der Waals surface area contributed by atoms with E-state index in [4.69, 9.17) is 0 Å². The van der Waals surface area contributed by atoms with Gasteiger partial charge in [-0.25, -0.2) is 4.39 Å². The molecule has 0 aromatic heterocycles. The minimum atomic E-state index is -0.711. The summed E-state index contributed by atoms with van der Waals surface area (Å²) >= 11 is 0. The molecule has 2 amide bonds. The molecule has 0 aliphatic heterocycles. The third-order valence-electron chi connectivity index (χ3n) is 3.71. The van der Waals surface area contributed by atoms with Crippen LogP contribution in [0.1, 0.15) is 32.6 Å². The average molecular weight is 326 g/mol. The maximum absolute atomic E-state index is 13.5. The Bertz CT molecular complexity index is 813. The van der Waals surface area contributed by atoms with Crippen LogP contribution in [0, 0.1) is 26.6 Å². The molecule has 0 spiro atoms. The maximum Gasteiger partial charge on any atom is 0.272 e. The van der Waals surface area contributed by atoms with E-state index in [0.29, 0.717) is 0 Å². The number of aryl methyl sites for hydroxylation is 3. The zero-order chi connectivity index (χ0) is 17.7. The smallest absolute Gasteiger partial charge is 0.268 e. The van der Waals surface area contributed by atoms with Gasteiger partial charge in [0, 0.05) is 6.08 Å². The van der Waals surface area contributed by atoms with Crippen LogP contribution in [0.5, 0.6) is 0 Å². The minimum absolute atomic E-state index is 0.133. The molecule has 4 nitrogen and oxygen atoms in total. The second kappa shape index (κ2) is 7.55. The Balaban J connectivity index is 1.98. The largest absolute Gasteiger partial charge is 0.272 e. The highest BCUT2D eigenvalue weighted by Crippen LogP contribution is 2.16. The molecule has 0 aliphatic rings. The van der Waals surface area contributed by atoms with Crippen molar-refractivity contribution in [1.29, 1.82) is 0 Å². The number of halogens is 1. The molecule has 0 radical (unpaired) electrons. The van der Waals surface area contributed by atoms with Crippen molar-refractivity contribution >= 4 is 17.9 Å². The van der Waals surface area contributed by atoms with Gasteiger partial charge in [-0.2, -0.15) is 0 Å². The lowest BCUT2D eigenvalue weighted by atomic mass is 10.0. The Hall–Kier alpha value is -2.95. The predicted molar refractivity (Wildman–Crippen MR) is 91.7 cm³/mol. The summed E-state index contributed by atoms with van der Waals surface area (Å²) in [5, 5.41) is 0. The van der Waals surface area contributed by atoms with E-state index in [1.165, 1.54) is 29.8 Å². The maximum atomic E-state index is 13.5. The molecule has 2 rings (SSSR count). The van der Waals surface area contributed by atoms with Crippen LogP contribution in [0.15, 0.2) is 42.5 Å². The molecule has 2 aromatic carbocycles. The summed E-state index contributed by atoms with van der Waals surface area (Å²) in [5.41, 5.74) is 8.58. The van der Waals surface area contributed by atoms with Crippen molar-refractivity contribution in [3.8, 4) is 0 Å². The second-order valence-corrected chi connectivity index (χ2v) is 5.55. The lowest BCUT2D eigenvalue weighted by molar-refractivity contribution is -0.117. The summed E-state index contributed by atoms with van der Waals surface area (Å²) in [7, 11) is 0. The van der Waals surface area contributed by atoms with Gasteiger partial charge in [0.1, 0.15) is 5.82 Å². The molecule has 0 atom stereocenters. The Morgan fingerprint density at radius 1 is 0.958 bits per heavy atom. The molecule has 24 heavy (non-hydrogen) atoms. The van der Waals surface area contributed by atoms with Crippen molar-refractivity contribution in [2.24, 2.45) is 0 Å². The van der Waals surface area contributed by atoms with E-state index in [0.717, 1.165) is 16.7 Å². The Labute approximate surface area is 140 Å². The third kappa shape index (κ3) is 4.29. The van der Waals surface area contributed by atoms with Gasteiger partial charge in [-0.3, -0.25) is 20.4 Å². The van der Waals surface area contributed by atoms with Gasteiger partial charge in [0.05, 0.1) is 5.56 Å². The lowest BCUT2D eigenvalue weighted by Crippen LogP contribution is -2.41. The highest BCUT2D eigenvalue weighted by Gasteiger charge is 2.10. The molecule has 0 saturated carbocycles. The van der Waals surface area contributed by atoms with Gasteiger partial charge in [0.15, 0.2) is 0 Å². The minimum Gasteiger partial charge on any atom is -0.268 e. The summed E-state index contributed by atoms with van der Waals surface area (Å²) in [4.78, 5) is 23.6. The topological polar surface area (TPSA) is 58.2 Å². The van der Waals surface area contributed by atoms with Crippen molar-refractivity contribution in [3.63, 3.8) is 0 Å². The number of nitrogens with one attached hydrogen (secondary N) is 2. The zero-order valence-electron chi connectivity index (χ0n) is 13.8. The van der Waals surface area contributed by atoms with Gasteiger partial charge < -0.3 is 0 Å². The fourth-order valence-electron chi connectivity index (χ4n) is 2.20. The normalized spacial score (nSPS) is 10.7. The van der Waals surface area contributed by atoms with E-state index in [2.05, 4.69) is 10.9 Å². The average Bonchev–Trinajstić information content (AvgIpc) is 2.55. The molecule has 0 heterocycles. The SMILES string of the molecule is Cc1cc(C)c(/C=C/C(=O)NNC(=O)c2ccccc2F)cc1C. The lowest BCUT2D eigenvalue weighted by Gasteiger charge is -2.07. The van der Waals surface area contributed by atoms with E-state index in [9.17, 15) is 14.0 Å². The Kier molecular flexibility index (Phi) is 5.47. The molecular weight excluding hydrogens is 307 g/mol. The Morgan fingerprint density at radius 2 is 1.62 bits per heavy atom. The highest BCUT2D eigenvalue weighted by molar-refractivity contribution is 5.98. The third-order valence-corrected chi connectivity index (χ3v) is 3.71. The van der Waals surface area contributed by atoms with E-state index in [1.54, 1.807) is 12.1 Å². The summed E-state index contributed by atoms with van der Waals surface area (Å²) in [6.45, 7) is 5.99. The summed E-state index contributed by atoms with van der Waals surface area (Å²) in [6, 6.07) is 9.59. The molecule has 124 valence electrons. The zero-order valence-corrected chi connectivity index (χ0v) is 13.8. The highest BCUT2D eigenvalue weighted by atomic mass is 19.1. The predicted octanol–water partition coefficient (Wildman–Crippen LogP) is 3.23. The molecule has 0 fully saturated rings. The van der Waals surface area contributed by atoms with E-state index in [1.807, 2.05) is 32.9 Å². The second-order valence-electron chi connectivity index (χ2n) is 5.55. The molecule has 0 bridgehead atoms. The van der Waals surface area contributed by atoms with Crippen LogP contribution >= 0.6 is 0 Å². The first-order valence-electron chi connectivity index (χ1n) is 7.49. The number of amides is 2. The van der Waals surface area contributed by atoms with Gasteiger partial charge in [0.2, 0.25) is 0 Å². The van der Waals surface area contributed by atoms with Gasteiger partial charge in [-0.15, -0.1) is 0 Å². The van der Waals surface area contributed by atoms with Crippen molar-refractivity contribution in [2.45, 2.75) is 20.8 Å². The van der Waals surface area contributed by atoms with E-state index < -0.39 is 17.6 Å². The molecule has 2 aromatic rings. The quantitative estimate of drug-likeness (QED) is 0.672. The number of carbonyl (C=O) groups excluding carboxylic acids is 2. The summed E-state index contributed by atoms with van der Waals surface area (Å²) in [5.74, 6) is -1.86. The molecule has 0 aliphatic carbocycles.